The molecule has 8 nitrogen and oxygen atoms in total. The zero-order valence-electron chi connectivity index (χ0n) is 17.0. The van der Waals surface area contributed by atoms with Crippen molar-refractivity contribution in [3.05, 3.63) is 28.2 Å². The molecule has 0 aliphatic heterocycles. The standard InChI is InChI=1S/C20H30N6O2/c1-21-19(28)16-13-26(14-8-5-4-6-9-14)18-15(17(16)27)12-23-20(24-18)22-10-7-11-25(2)3/h12-14H,4-11H2,1-3H3,(H,21,28)(H,22,23,24). The highest BCUT2D eigenvalue weighted by Gasteiger charge is 2.22. The van der Waals surface area contributed by atoms with E-state index in [0.717, 1.165) is 45.2 Å². The molecule has 1 fully saturated rings. The first-order valence-corrected chi connectivity index (χ1v) is 10.0. The van der Waals surface area contributed by atoms with E-state index in [4.69, 9.17) is 0 Å². The first-order valence-electron chi connectivity index (χ1n) is 10.0. The van der Waals surface area contributed by atoms with Crippen molar-refractivity contribution in [3.63, 3.8) is 0 Å². The lowest BCUT2D eigenvalue weighted by Crippen LogP contribution is -2.29. The zero-order valence-corrected chi connectivity index (χ0v) is 17.0. The first-order chi connectivity index (χ1) is 13.5. The fourth-order valence-corrected chi connectivity index (χ4v) is 3.75. The van der Waals surface area contributed by atoms with E-state index >= 15 is 0 Å². The normalized spacial score (nSPS) is 15.1. The third-order valence-electron chi connectivity index (χ3n) is 5.28. The van der Waals surface area contributed by atoms with Gasteiger partial charge in [0.05, 0.1) is 5.39 Å². The first kappa shape index (κ1) is 20.3. The second kappa shape index (κ2) is 9.14. The molecular formula is C20H30N6O2. The molecule has 3 rings (SSSR count). The summed E-state index contributed by atoms with van der Waals surface area (Å²) in [5, 5.41) is 6.20. The molecule has 28 heavy (non-hydrogen) atoms. The SMILES string of the molecule is CNC(=O)c1cn(C2CCCCC2)c2nc(NCCCN(C)C)ncc2c1=O. The summed E-state index contributed by atoms with van der Waals surface area (Å²) in [6, 6.07) is 0.247. The van der Waals surface area contributed by atoms with Gasteiger partial charge in [-0.25, -0.2) is 4.98 Å². The summed E-state index contributed by atoms with van der Waals surface area (Å²) in [5.41, 5.74) is 0.436. The third kappa shape index (κ3) is 4.49. The van der Waals surface area contributed by atoms with E-state index in [1.165, 1.54) is 13.5 Å². The number of hydrogen-bond acceptors (Lipinski definition) is 6. The van der Waals surface area contributed by atoms with Crippen molar-refractivity contribution in [1.82, 2.24) is 24.8 Å². The molecule has 0 saturated heterocycles. The van der Waals surface area contributed by atoms with Crippen LogP contribution in [0.3, 0.4) is 0 Å². The Kier molecular flexibility index (Phi) is 6.61. The molecule has 2 aromatic rings. The molecule has 2 heterocycles. The lowest BCUT2D eigenvalue weighted by atomic mass is 9.95. The van der Waals surface area contributed by atoms with Crippen LogP contribution in [0.15, 0.2) is 17.2 Å². The van der Waals surface area contributed by atoms with E-state index in [1.807, 2.05) is 18.7 Å². The Morgan fingerprint density at radius 2 is 2.04 bits per heavy atom. The molecule has 2 aromatic heterocycles. The van der Waals surface area contributed by atoms with Gasteiger partial charge >= 0.3 is 0 Å². The molecule has 2 N–H and O–H groups in total. The molecule has 1 aliphatic rings. The van der Waals surface area contributed by atoms with E-state index in [1.54, 1.807) is 12.4 Å². The summed E-state index contributed by atoms with van der Waals surface area (Å²) in [5.74, 6) is 0.144. The summed E-state index contributed by atoms with van der Waals surface area (Å²) < 4.78 is 2.02. The number of pyridine rings is 1. The number of carbonyl (C=O) groups is 1. The second-order valence-electron chi connectivity index (χ2n) is 7.66. The number of anilines is 1. The predicted octanol–water partition coefficient (Wildman–Crippen LogP) is 2.02. The fourth-order valence-electron chi connectivity index (χ4n) is 3.75. The topological polar surface area (TPSA) is 92.2 Å². The molecule has 0 atom stereocenters. The third-order valence-corrected chi connectivity index (χ3v) is 5.28. The van der Waals surface area contributed by atoms with Crippen LogP contribution in [0.4, 0.5) is 5.95 Å². The minimum absolute atomic E-state index is 0.149. The average Bonchev–Trinajstić information content (AvgIpc) is 2.71. The second-order valence-corrected chi connectivity index (χ2v) is 7.66. The molecule has 152 valence electrons. The van der Waals surface area contributed by atoms with Crippen molar-refractivity contribution < 1.29 is 4.79 Å². The lowest BCUT2D eigenvalue weighted by Gasteiger charge is -2.26. The number of nitrogens with zero attached hydrogens (tertiary/aromatic N) is 4. The van der Waals surface area contributed by atoms with E-state index in [2.05, 4.69) is 25.5 Å². The van der Waals surface area contributed by atoms with Gasteiger partial charge in [0.25, 0.3) is 5.91 Å². The maximum atomic E-state index is 12.8. The quantitative estimate of drug-likeness (QED) is 0.708. The molecule has 1 saturated carbocycles. The van der Waals surface area contributed by atoms with Crippen molar-refractivity contribution in [2.24, 2.45) is 0 Å². The van der Waals surface area contributed by atoms with Gasteiger partial charge in [-0.2, -0.15) is 4.98 Å². The zero-order chi connectivity index (χ0) is 20.1. The Hall–Kier alpha value is -2.48. The van der Waals surface area contributed by atoms with E-state index in [0.29, 0.717) is 17.0 Å². The van der Waals surface area contributed by atoms with Crippen LogP contribution in [-0.4, -0.2) is 59.6 Å². The largest absolute Gasteiger partial charge is 0.355 e. The van der Waals surface area contributed by atoms with Gasteiger partial charge in [0.2, 0.25) is 11.4 Å². The summed E-state index contributed by atoms with van der Waals surface area (Å²) >= 11 is 0. The highest BCUT2D eigenvalue weighted by atomic mass is 16.2. The monoisotopic (exact) mass is 386 g/mol. The van der Waals surface area contributed by atoms with Gasteiger partial charge in [-0.15, -0.1) is 0 Å². The van der Waals surface area contributed by atoms with Crippen LogP contribution in [0.5, 0.6) is 0 Å². The molecule has 0 aromatic carbocycles. The van der Waals surface area contributed by atoms with Crippen LogP contribution in [0.25, 0.3) is 11.0 Å². The number of rotatable bonds is 7. The van der Waals surface area contributed by atoms with Crippen LogP contribution in [0.1, 0.15) is 54.9 Å². The Labute approximate surface area is 165 Å². The lowest BCUT2D eigenvalue weighted by molar-refractivity contribution is 0.0961. The smallest absolute Gasteiger partial charge is 0.256 e. The van der Waals surface area contributed by atoms with Crippen LogP contribution < -0.4 is 16.1 Å². The van der Waals surface area contributed by atoms with E-state index in [-0.39, 0.29) is 22.9 Å². The Bertz CT molecular complexity index is 886. The Balaban J connectivity index is 1.99. The summed E-state index contributed by atoms with van der Waals surface area (Å²) in [7, 11) is 5.62. The average molecular weight is 387 g/mol. The summed E-state index contributed by atoms with van der Waals surface area (Å²) in [6.45, 7) is 1.73. The van der Waals surface area contributed by atoms with Crippen molar-refractivity contribution >= 4 is 22.9 Å². The van der Waals surface area contributed by atoms with Gasteiger partial charge in [0.15, 0.2) is 0 Å². The number of nitrogens with one attached hydrogen (secondary N) is 2. The molecule has 0 radical (unpaired) electrons. The van der Waals surface area contributed by atoms with Gasteiger partial charge in [-0.1, -0.05) is 19.3 Å². The number of fused-ring (bicyclic) bond motifs is 1. The number of carbonyl (C=O) groups excluding carboxylic acids is 1. The molecule has 1 amide bonds. The maximum Gasteiger partial charge on any atom is 0.256 e. The number of aromatic nitrogens is 3. The van der Waals surface area contributed by atoms with Gasteiger partial charge in [-0.3, -0.25) is 9.59 Å². The van der Waals surface area contributed by atoms with Gasteiger partial charge in [-0.05, 0) is 39.9 Å². The van der Waals surface area contributed by atoms with Crippen molar-refractivity contribution in [2.45, 2.75) is 44.6 Å². The van der Waals surface area contributed by atoms with E-state index < -0.39 is 0 Å². The minimum Gasteiger partial charge on any atom is -0.355 e. The molecular weight excluding hydrogens is 356 g/mol. The molecule has 8 heteroatoms. The molecule has 1 aliphatic carbocycles. The van der Waals surface area contributed by atoms with Crippen LogP contribution in [-0.2, 0) is 0 Å². The van der Waals surface area contributed by atoms with Gasteiger partial charge < -0.3 is 20.1 Å². The molecule has 0 spiro atoms. The summed E-state index contributed by atoms with van der Waals surface area (Å²) in [6.07, 6.45) is 9.78. The van der Waals surface area contributed by atoms with Gasteiger partial charge in [0.1, 0.15) is 11.2 Å². The fraction of sp³-hybridized carbons (Fsp3) is 0.600. The molecule has 0 bridgehead atoms. The van der Waals surface area contributed by atoms with E-state index in [9.17, 15) is 9.59 Å². The number of amides is 1. The summed E-state index contributed by atoms with van der Waals surface area (Å²) in [4.78, 5) is 36.2. The predicted molar refractivity (Wildman–Crippen MR) is 111 cm³/mol. The van der Waals surface area contributed by atoms with Crippen molar-refractivity contribution in [3.8, 4) is 0 Å². The minimum atomic E-state index is -0.373. The van der Waals surface area contributed by atoms with Crippen molar-refractivity contribution in [1.29, 1.82) is 0 Å². The highest BCUT2D eigenvalue weighted by molar-refractivity contribution is 5.96. The molecule has 0 unspecified atom stereocenters. The van der Waals surface area contributed by atoms with Crippen LogP contribution >= 0.6 is 0 Å². The van der Waals surface area contributed by atoms with Crippen molar-refractivity contribution in [2.75, 3.05) is 39.5 Å². The Morgan fingerprint density at radius 3 is 2.71 bits per heavy atom. The van der Waals surface area contributed by atoms with Gasteiger partial charge in [0, 0.05) is 32.0 Å². The van der Waals surface area contributed by atoms with Crippen LogP contribution in [0, 0.1) is 0 Å². The Morgan fingerprint density at radius 1 is 1.29 bits per heavy atom. The number of hydrogen-bond donors (Lipinski definition) is 2. The highest BCUT2D eigenvalue weighted by Crippen LogP contribution is 2.30. The maximum absolute atomic E-state index is 12.8. The van der Waals surface area contributed by atoms with Crippen LogP contribution in [0.2, 0.25) is 0 Å².